The van der Waals surface area contributed by atoms with Crippen molar-refractivity contribution in [1.82, 2.24) is 5.32 Å². The van der Waals surface area contributed by atoms with Crippen LogP contribution in [0.3, 0.4) is 0 Å². The summed E-state index contributed by atoms with van der Waals surface area (Å²) in [6.45, 7) is 7.23. The maximum absolute atomic E-state index is 13.6. The van der Waals surface area contributed by atoms with E-state index in [0.29, 0.717) is 17.9 Å². The highest BCUT2D eigenvalue weighted by Crippen LogP contribution is 2.29. The molecular formula is C14H21F2N. The van der Waals surface area contributed by atoms with Crippen LogP contribution in [0.15, 0.2) is 18.2 Å². The molecular weight excluding hydrogens is 220 g/mol. The van der Waals surface area contributed by atoms with Crippen molar-refractivity contribution in [3.8, 4) is 0 Å². The lowest BCUT2D eigenvalue weighted by atomic mass is 9.77. The fourth-order valence-electron chi connectivity index (χ4n) is 1.88. The summed E-state index contributed by atoms with van der Waals surface area (Å²) < 4.78 is 26.4. The Hall–Kier alpha value is -0.960. The molecule has 1 aromatic carbocycles. The first-order valence-electron chi connectivity index (χ1n) is 5.93. The predicted molar refractivity (Wildman–Crippen MR) is 66.9 cm³/mol. The van der Waals surface area contributed by atoms with E-state index in [2.05, 4.69) is 26.1 Å². The highest BCUT2D eigenvalue weighted by atomic mass is 19.1. The number of hydrogen-bond acceptors (Lipinski definition) is 1. The molecule has 0 amide bonds. The molecule has 0 spiro atoms. The van der Waals surface area contributed by atoms with E-state index >= 15 is 0 Å². The minimum Gasteiger partial charge on any atom is -0.319 e. The van der Waals surface area contributed by atoms with Gasteiger partial charge < -0.3 is 5.32 Å². The van der Waals surface area contributed by atoms with Crippen LogP contribution in [0.4, 0.5) is 8.78 Å². The van der Waals surface area contributed by atoms with Crippen LogP contribution in [0.25, 0.3) is 0 Å². The lowest BCUT2D eigenvalue weighted by Gasteiger charge is -2.31. The van der Waals surface area contributed by atoms with Gasteiger partial charge in [-0.15, -0.1) is 0 Å². The van der Waals surface area contributed by atoms with Crippen molar-refractivity contribution in [2.45, 2.75) is 27.2 Å². The van der Waals surface area contributed by atoms with E-state index in [1.165, 1.54) is 6.07 Å². The minimum absolute atomic E-state index is 0.0871. The molecule has 96 valence electrons. The van der Waals surface area contributed by atoms with Crippen LogP contribution in [0.5, 0.6) is 0 Å². The lowest BCUT2D eigenvalue weighted by Crippen LogP contribution is -2.32. The van der Waals surface area contributed by atoms with E-state index in [9.17, 15) is 8.78 Å². The molecule has 0 aliphatic carbocycles. The summed E-state index contributed by atoms with van der Waals surface area (Å²) in [5, 5.41) is 3.13. The molecule has 0 fully saturated rings. The molecule has 17 heavy (non-hydrogen) atoms. The van der Waals surface area contributed by atoms with Gasteiger partial charge in [0.1, 0.15) is 11.6 Å². The molecule has 1 atom stereocenters. The summed E-state index contributed by atoms with van der Waals surface area (Å²) in [6, 6.07) is 3.81. The second kappa shape index (κ2) is 5.58. The zero-order valence-corrected chi connectivity index (χ0v) is 11.0. The molecule has 1 N–H and O–H groups in total. The van der Waals surface area contributed by atoms with Crippen molar-refractivity contribution >= 4 is 0 Å². The molecule has 1 aromatic rings. The molecule has 0 aliphatic heterocycles. The fraction of sp³-hybridized carbons (Fsp3) is 0.571. The third-order valence-corrected chi connectivity index (χ3v) is 3.16. The van der Waals surface area contributed by atoms with Gasteiger partial charge in [0, 0.05) is 6.07 Å². The summed E-state index contributed by atoms with van der Waals surface area (Å²) in [6.07, 6.45) is 0.621. The minimum atomic E-state index is -0.521. The van der Waals surface area contributed by atoms with Crippen molar-refractivity contribution < 1.29 is 8.78 Å². The van der Waals surface area contributed by atoms with Crippen molar-refractivity contribution in [2.24, 2.45) is 11.3 Å². The van der Waals surface area contributed by atoms with E-state index in [1.807, 2.05) is 7.05 Å². The van der Waals surface area contributed by atoms with Crippen molar-refractivity contribution in [1.29, 1.82) is 0 Å². The first-order valence-corrected chi connectivity index (χ1v) is 5.93. The molecule has 3 heteroatoms. The molecule has 1 rings (SSSR count). The smallest absolute Gasteiger partial charge is 0.129 e. The Morgan fingerprint density at radius 2 is 1.88 bits per heavy atom. The van der Waals surface area contributed by atoms with Crippen LogP contribution in [0, 0.1) is 23.0 Å². The van der Waals surface area contributed by atoms with Gasteiger partial charge in [0.25, 0.3) is 0 Å². The van der Waals surface area contributed by atoms with E-state index < -0.39 is 11.6 Å². The number of benzene rings is 1. The molecule has 0 heterocycles. The van der Waals surface area contributed by atoms with Gasteiger partial charge in [0.2, 0.25) is 0 Å². The predicted octanol–water partition coefficient (Wildman–Crippen LogP) is 3.39. The van der Waals surface area contributed by atoms with Gasteiger partial charge in [-0.3, -0.25) is 0 Å². The second-order valence-corrected chi connectivity index (χ2v) is 5.56. The number of nitrogens with one attached hydrogen (secondary N) is 1. The quantitative estimate of drug-likeness (QED) is 0.852. The zero-order valence-electron chi connectivity index (χ0n) is 11.0. The van der Waals surface area contributed by atoms with Crippen molar-refractivity contribution in [2.75, 3.05) is 13.6 Å². The van der Waals surface area contributed by atoms with E-state index in [1.54, 1.807) is 6.07 Å². The highest BCUT2D eigenvalue weighted by molar-refractivity contribution is 5.19. The van der Waals surface area contributed by atoms with Gasteiger partial charge in [-0.2, -0.15) is 0 Å². The summed E-state index contributed by atoms with van der Waals surface area (Å²) in [7, 11) is 1.89. The first kappa shape index (κ1) is 14.1. The van der Waals surface area contributed by atoms with Crippen molar-refractivity contribution in [3.63, 3.8) is 0 Å². The largest absolute Gasteiger partial charge is 0.319 e. The lowest BCUT2D eigenvalue weighted by molar-refractivity contribution is 0.233. The van der Waals surface area contributed by atoms with Gasteiger partial charge in [-0.25, -0.2) is 8.78 Å². The molecule has 0 bridgehead atoms. The average Bonchev–Trinajstić information content (AvgIpc) is 2.19. The van der Waals surface area contributed by atoms with Gasteiger partial charge in [0.05, 0.1) is 0 Å². The third kappa shape index (κ3) is 4.08. The zero-order chi connectivity index (χ0) is 13.1. The van der Waals surface area contributed by atoms with E-state index in [-0.39, 0.29) is 5.41 Å². The van der Waals surface area contributed by atoms with E-state index in [0.717, 1.165) is 12.6 Å². The van der Waals surface area contributed by atoms with Gasteiger partial charge >= 0.3 is 0 Å². The van der Waals surface area contributed by atoms with Crippen LogP contribution in [-0.2, 0) is 6.42 Å². The second-order valence-electron chi connectivity index (χ2n) is 5.56. The summed E-state index contributed by atoms with van der Waals surface area (Å²) in [5.41, 5.74) is 0.672. The Balaban J connectivity index is 2.86. The number of halogens is 2. The molecule has 1 nitrogen and oxygen atoms in total. The molecule has 0 radical (unpaired) electrons. The van der Waals surface area contributed by atoms with Gasteiger partial charge in [-0.1, -0.05) is 26.8 Å². The summed E-state index contributed by atoms with van der Waals surface area (Å²) in [4.78, 5) is 0. The van der Waals surface area contributed by atoms with Gasteiger partial charge in [0.15, 0.2) is 0 Å². The Morgan fingerprint density at radius 3 is 2.35 bits per heavy atom. The number of hydrogen-bond donors (Lipinski definition) is 1. The Morgan fingerprint density at radius 1 is 1.24 bits per heavy atom. The van der Waals surface area contributed by atoms with Gasteiger partial charge in [-0.05, 0) is 43.0 Å². The topological polar surface area (TPSA) is 12.0 Å². The molecule has 0 saturated heterocycles. The fourth-order valence-corrected chi connectivity index (χ4v) is 1.88. The SMILES string of the molecule is CNCC(Cc1ccc(F)cc1F)C(C)(C)C. The summed E-state index contributed by atoms with van der Waals surface area (Å²) in [5.74, 6) is -0.657. The normalized spacial score (nSPS) is 13.8. The molecule has 0 aromatic heterocycles. The van der Waals surface area contributed by atoms with Crippen LogP contribution in [0.1, 0.15) is 26.3 Å². The third-order valence-electron chi connectivity index (χ3n) is 3.16. The molecule has 1 unspecified atom stereocenters. The first-order chi connectivity index (χ1) is 7.84. The highest BCUT2D eigenvalue weighted by Gasteiger charge is 2.25. The monoisotopic (exact) mass is 241 g/mol. The Labute approximate surface area is 102 Å². The Bertz CT molecular complexity index is 369. The maximum atomic E-state index is 13.6. The van der Waals surface area contributed by atoms with Crippen molar-refractivity contribution in [3.05, 3.63) is 35.4 Å². The molecule has 0 aliphatic rings. The van der Waals surface area contributed by atoms with E-state index in [4.69, 9.17) is 0 Å². The van der Waals surface area contributed by atoms with Crippen LogP contribution < -0.4 is 5.32 Å². The van der Waals surface area contributed by atoms with Crippen LogP contribution in [-0.4, -0.2) is 13.6 Å². The maximum Gasteiger partial charge on any atom is 0.129 e. The summed E-state index contributed by atoms with van der Waals surface area (Å²) >= 11 is 0. The average molecular weight is 241 g/mol. The van der Waals surface area contributed by atoms with Crippen LogP contribution >= 0.6 is 0 Å². The number of rotatable bonds is 4. The molecule has 0 saturated carbocycles. The van der Waals surface area contributed by atoms with Crippen LogP contribution in [0.2, 0.25) is 0 Å². The Kier molecular flexibility index (Phi) is 4.63. The standard InChI is InChI=1S/C14H21F2N/c1-14(2,3)11(9-17-4)7-10-5-6-12(15)8-13(10)16/h5-6,8,11,17H,7,9H2,1-4H3.